The Bertz CT molecular complexity index is 2070. The first kappa shape index (κ1) is 30.5. The number of non-ortho nitro benzene ring substituents is 1. The summed E-state index contributed by atoms with van der Waals surface area (Å²) < 4.78 is 17.2. The Kier molecular flexibility index (Phi) is 8.29. The quantitative estimate of drug-likeness (QED) is 0.139. The molecule has 1 unspecified atom stereocenters. The highest BCUT2D eigenvalue weighted by molar-refractivity contribution is 9.10. The van der Waals surface area contributed by atoms with E-state index in [1.807, 2.05) is 48.5 Å². The van der Waals surface area contributed by atoms with E-state index in [0.717, 1.165) is 15.4 Å². The van der Waals surface area contributed by atoms with Crippen LogP contribution in [0.4, 0.5) is 5.69 Å². The average Bonchev–Trinajstić information content (AvgIpc) is 3.52. The number of rotatable bonds is 8. The number of carbonyl (C=O) groups is 1. The lowest BCUT2D eigenvalue weighted by Gasteiger charge is -2.23. The smallest absolute Gasteiger partial charge is 0.274 e. The van der Waals surface area contributed by atoms with Gasteiger partial charge in [-0.25, -0.2) is 5.01 Å². The van der Waals surface area contributed by atoms with Crippen LogP contribution in [0.1, 0.15) is 33.9 Å². The van der Waals surface area contributed by atoms with E-state index in [4.69, 9.17) is 19.3 Å². The number of ether oxygens (including phenoxy) is 3. The van der Waals surface area contributed by atoms with Gasteiger partial charge in [-0.1, -0.05) is 58.4 Å². The van der Waals surface area contributed by atoms with Crippen LogP contribution >= 0.6 is 15.9 Å². The molecule has 1 aliphatic rings. The molecule has 5 aromatic rings. The van der Waals surface area contributed by atoms with Crippen molar-refractivity contribution in [2.24, 2.45) is 5.10 Å². The van der Waals surface area contributed by atoms with E-state index in [0.29, 0.717) is 33.7 Å². The molecular formula is C34H27BrN4O7. The molecule has 4 aromatic carbocycles. The van der Waals surface area contributed by atoms with Crippen molar-refractivity contribution in [3.8, 4) is 28.4 Å². The molecule has 0 radical (unpaired) electrons. The van der Waals surface area contributed by atoms with Crippen molar-refractivity contribution >= 4 is 44.1 Å². The molecule has 0 fully saturated rings. The van der Waals surface area contributed by atoms with Crippen LogP contribution in [-0.2, 0) is 0 Å². The number of nitro groups is 1. The number of fused-ring (bicyclic) bond motifs is 1. The summed E-state index contributed by atoms with van der Waals surface area (Å²) in [6, 6.07) is 23.3. The van der Waals surface area contributed by atoms with Crippen LogP contribution in [0.2, 0.25) is 0 Å². The minimum absolute atomic E-state index is 0.111. The summed E-state index contributed by atoms with van der Waals surface area (Å²) >= 11 is 3.55. The molecule has 6 rings (SSSR count). The van der Waals surface area contributed by atoms with E-state index in [-0.39, 0.29) is 34.7 Å². The van der Waals surface area contributed by atoms with Gasteiger partial charge < -0.3 is 19.2 Å². The molecule has 0 saturated heterocycles. The Balaban J connectivity index is 1.58. The summed E-state index contributed by atoms with van der Waals surface area (Å²) in [5.74, 6) is 0.308. The van der Waals surface area contributed by atoms with Crippen LogP contribution in [0, 0.1) is 10.1 Å². The molecule has 1 aromatic heterocycles. The number of nitro benzene ring substituents is 1. The number of nitrogens with zero attached hydrogens (tertiary/aromatic N) is 3. The SMILES string of the molecule is COc1cc(C(=O)N2N=C(c3c(-c4ccccc4)c4cc(Br)ccc4[nH]c3=O)CC2c2cccc([N+](=O)[O-])c2)cc(OC)c1OC. The lowest BCUT2D eigenvalue weighted by molar-refractivity contribution is -0.384. The van der Waals surface area contributed by atoms with Crippen LogP contribution in [0.3, 0.4) is 0 Å². The van der Waals surface area contributed by atoms with Gasteiger partial charge in [0.25, 0.3) is 17.2 Å². The fourth-order valence-corrected chi connectivity index (χ4v) is 6.10. The maximum Gasteiger partial charge on any atom is 0.274 e. The number of aromatic amines is 1. The number of amides is 1. The normalized spacial score (nSPS) is 14.2. The summed E-state index contributed by atoms with van der Waals surface area (Å²) in [5, 5.41) is 18.5. The number of aromatic nitrogens is 1. The van der Waals surface area contributed by atoms with Gasteiger partial charge in [-0.15, -0.1) is 0 Å². The molecule has 2 heterocycles. The lowest BCUT2D eigenvalue weighted by atomic mass is 9.91. The molecule has 0 bridgehead atoms. The van der Waals surface area contributed by atoms with Gasteiger partial charge in [-0.2, -0.15) is 5.10 Å². The largest absolute Gasteiger partial charge is 0.493 e. The van der Waals surface area contributed by atoms with E-state index in [1.165, 1.54) is 50.6 Å². The van der Waals surface area contributed by atoms with Gasteiger partial charge in [0.15, 0.2) is 11.5 Å². The zero-order valence-electron chi connectivity index (χ0n) is 24.9. The summed E-state index contributed by atoms with van der Waals surface area (Å²) in [6.07, 6.45) is 0.111. The van der Waals surface area contributed by atoms with Crippen LogP contribution < -0.4 is 19.8 Å². The molecule has 1 amide bonds. The number of hydrogen-bond acceptors (Lipinski definition) is 8. The number of pyridine rings is 1. The van der Waals surface area contributed by atoms with Crippen LogP contribution in [0.5, 0.6) is 17.2 Å². The third-order valence-corrected chi connectivity index (χ3v) is 8.32. The lowest BCUT2D eigenvalue weighted by Crippen LogP contribution is -2.27. The predicted molar refractivity (Wildman–Crippen MR) is 177 cm³/mol. The number of halogens is 1. The number of hydrazone groups is 1. The zero-order chi connectivity index (χ0) is 32.5. The van der Waals surface area contributed by atoms with Gasteiger partial charge in [-0.05, 0) is 41.5 Å². The van der Waals surface area contributed by atoms with Crippen molar-refractivity contribution in [3.63, 3.8) is 0 Å². The third kappa shape index (κ3) is 5.47. The summed E-state index contributed by atoms with van der Waals surface area (Å²) in [7, 11) is 4.35. The number of benzene rings is 4. The molecule has 11 nitrogen and oxygen atoms in total. The predicted octanol–water partition coefficient (Wildman–Crippen LogP) is 6.88. The molecule has 0 saturated carbocycles. The van der Waals surface area contributed by atoms with Gasteiger partial charge in [0, 0.05) is 45.1 Å². The molecule has 46 heavy (non-hydrogen) atoms. The van der Waals surface area contributed by atoms with Gasteiger partial charge in [0.1, 0.15) is 0 Å². The van der Waals surface area contributed by atoms with E-state index >= 15 is 0 Å². The summed E-state index contributed by atoms with van der Waals surface area (Å²) in [6.45, 7) is 0. The van der Waals surface area contributed by atoms with Crippen molar-refractivity contribution in [2.45, 2.75) is 12.5 Å². The summed E-state index contributed by atoms with van der Waals surface area (Å²) in [4.78, 5) is 42.4. The second-order valence-electron chi connectivity index (χ2n) is 10.4. The van der Waals surface area contributed by atoms with Crippen LogP contribution in [0.25, 0.3) is 22.0 Å². The number of H-pyrrole nitrogens is 1. The number of carbonyl (C=O) groups excluding carboxylic acids is 1. The first-order valence-electron chi connectivity index (χ1n) is 14.1. The number of hydrogen-bond donors (Lipinski definition) is 1. The van der Waals surface area contributed by atoms with Crippen LogP contribution in [-0.4, -0.2) is 47.9 Å². The Morgan fingerprint density at radius 2 is 1.65 bits per heavy atom. The molecule has 1 atom stereocenters. The van der Waals surface area contributed by atoms with E-state index in [9.17, 15) is 19.7 Å². The minimum Gasteiger partial charge on any atom is -0.493 e. The highest BCUT2D eigenvalue weighted by atomic mass is 79.9. The van der Waals surface area contributed by atoms with Gasteiger partial charge >= 0.3 is 0 Å². The average molecular weight is 684 g/mol. The van der Waals surface area contributed by atoms with Crippen molar-refractivity contribution in [1.29, 1.82) is 0 Å². The molecule has 0 spiro atoms. The Morgan fingerprint density at radius 3 is 2.30 bits per heavy atom. The monoisotopic (exact) mass is 682 g/mol. The number of methoxy groups -OCH3 is 3. The fraction of sp³-hybridized carbons (Fsp3) is 0.147. The Morgan fingerprint density at radius 1 is 0.935 bits per heavy atom. The highest BCUT2D eigenvalue weighted by Gasteiger charge is 2.37. The molecule has 12 heteroatoms. The molecule has 0 aliphatic carbocycles. The first-order valence-corrected chi connectivity index (χ1v) is 14.9. The van der Waals surface area contributed by atoms with Gasteiger partial charge in [0.05, 0.1) is 43.6 Å². The van der Waals surface area contributed by atoms with E-state index < -0.39 is 16.9 Å². The maximum atomic E-state index is 14.3. The first-order chi connectivity index (χ1) is 22.2. The van der Waals surface area contributed by atoms with Crippen molar-refractivity contribution in [1.82, 2.24) is 9.99 Å². The van der Waals surface area contributed by atoms with E-state index in [1.54, 1.807) is 12.1 Å². The number of nitrogens with one attached hydrogen (secondary N) is 1. The van der Waals surface area contributed by atoms with Crippen LogP contribution in [0.15, 0.2) is 99.3 Å². The molecule has 1 N–H and O–H groups in total. The topological polar surface area (TPSA) is 136 Å². The summed E-state index contributed by atoms with van der Waals surface area (Å²) in [5.41, 5.74) is 2.86. The zero-order valence-corrected chi connectivity index (χ0v) is 26.5. The molecule has 1 aliphatic heterocycles. The fourth-order valence-electron chi connectivity index (χ4n) is 5.74. The highest BCUT2D eigenvalue weighted by Crippen LogP contribution is 2.42. The second kappa shape index (κ2) is 12.5. The Labute approximate surface area is 271 Å². The van der Waals surface area contributed by atoms with E-state index in [2.05, 4.69) is 20.9 Å². The molecule has 232 valence electrons. The standard InChI is InChI=1S/C34H27BrN4O7/c1-44-28-15-21(16-29(45-2)32(28)46-3)34(41)38-27(20-10-7-11-23(14-20)39(42)43)18-26(37-38)31-30(19-8-5-4-6-9-19)24-17-22(35)12-13-25(24)36-33(31)40/h4-17,27H,18H2,1-3H3,(H,36,40). The second-order valence-corrected chi connectivity index (χ2v) is 11.4. The van der Waals surface area contributed by atoms with Gasteiger partial charge in [0.2, 0.25) is 5.75 Å². The van der Waals surface area contributed by atoms with Crippen molar-refractivity contribution in [2.75, 3.05) is 21.3 Å². The maximum absolute atomic E-state index is 14.3. The van der Waals surface area contributed by atoms with Crippen molar-refractivity contribution in [3.05, 3.63) is 127 Å². The minimum atomic E-state index is -0.775. The van der Waals surface area contributed by atoms with Gasteiger partial charge in [-0.3, -0.25) is 19.7 Å². The molecular weight excluding hydrogens is 656 g/mol. The van der Waals surface area contributed by atoms with Crippen molar-refractivity contribution < 1.29 is 23.9 Å². The third-order valence-electron chi connectivity index (χ3n) is 7.82. The Hall–Kier alpha value is -5.49.